The second-order valence-electron chi connectivity index (χ2n) is 6.52. The first-order valence-corrected chi connectivity index (χ1v) is 9.55. The summed E-state index contributed by atoms with van der Waals surface area (Å²) in [5.74, 6) is -0.739. The van der Waals surface area contributed by atoms with Gasteiger partial charge in [-0.2, -0.15) is 18.2 Å². The van der Waals surface area contributed by atoms with E-state index in [1.807, 2.05) is 18.2 Å². The quantitative estimate of drug-likeness (QED) is 0.287. The van der Waals surface area contributed by atoms with Crippen molar-refractivity contribution in [3.8, 4) is 11.6 Å². The van der Waals surface area contributed by atoms with E-state index in [0.29, 0.717) is 0 Å². The molecule has 1 fully saturated rings. The minimum atomic E-state index is -4.68. The molecule has 12 heteroatoms. The second kappa shape index (κ2) is 9.45. The van der Waals surface area contributed by atoms with Gasteiger partial charge in [-0.15, -0.1) is 0 Å². The molecular weight excluding hydrogens is 453 g/mol. The number of benzene rings is 1. The number of halogens is 4. The van der Waals surface area contributed by atoms with Gasteiger partial charge in [-0.3, -0.25) is 15.1 Å². The topological polar surface area (TPSA) is 100 Å². The van der Waals surface area contributed by atoms with Crippen LogP contribution in [-0.2, 0) is 10.3 Å². The molecule has 1 aliphatic rings. The summed E-state index contributed by atoms with van der Waals surface area (Å²) >= 11 is 5.76. The molecule has 0 bridgehead atoms. The molecule has 0 saturated carbocycles. The fourth-order valence-corrected chi connectivity index (χ4v) is 3.21. The maximum atomic E-state index is 13.6. The van der Waals surface area contributed by atoms with E-state index in [1.54, 1.807) is 12.4 Å². The molecule has 1 saturated heterocycles. The second-order valence-corrected chi connectivity index (χ2v) is 6.88. The summed E-state index contributed by atoms with van der Waals surface area (Å²) in [6.07, 6.45) is -1.47. The zero-order valence-corrected chi connectivity index (χ0v) is 17.3. The minimum absolute atomic E-state index is 0.0631. The number of aryl methyl sites for hydroxylation is 1. The molecule has 0 radical (unpaired) electrons. The molecule has 1 atom stereocenters. The van der Waals surface area contributed by atoms with Crippen molar-refractivity contribution in [3.63, 3.8) is 0 Å². The molecule has 32 heavy (non-hydrogen) atoms. The van der Waals surface area contributed by atoms with Crippen LogP contribution in [0.25, 0.3) is 0 Å². The van der Waals surface area contributed by atoms with Crippen molar-refractivity contribution in [2.75, 3.05) is 6.61 Å². The number of alkyl halides is 3. The summed E-state index contributed by atoms with van der Waals surface area (Å²) < 4.78 is 50.9. The zero-order chi connectivity index (χ0) is 23.4. The molecule has 3 heterocycles. The molecule has 0 amide bonds. The molecule has 0 spiro atoms. The molecule has 0 N–H and O–H groups in total. The number of para-hydroxylation sites is 1. The van der Waals surface area contributed by atoms with Crippen LogP contribution >= 0.6 is 11.6 Å². The molecule has 8 nitrogen and oxygen atoms in total. The molecular formula is C20H16ClF3N4O4. The number of hydrogen-bond donors (Lipinski definition) is 0. The van der Waals surface area contributed by atoms with E-state index in [4.69, 9.17) is 21.1 Å². The summed E-state index contributed by atoms with van der Waals surface area (Å²) in [6, 6.07) is 11.0. The summed E-state index contributed by atoms with van der Waals surface area (Å²) in [5, 5.41) is 10.7. The van der Waals surface area contributed by atoms with Crippen LogP contribution in [0, 0.1) is 17.0 Å². The molecule has 0 aliphatic carbocycles. The van der Waals surface area contributed by atoms with Gasteiger partial charge in [-0.1, -0.05) is 35.9 Å². The molecule has 4 rings (SSSR count). The lowest BCUT2D eigenvalue weighted by Crippen LogP contribution is -2.52. The van der Waals surface area contributed by atoms with Crippen molar-refractivity contribution in [3.05, 3.63) is 81.5 Å². The predicted octanol–water partition coefficient (Wildman–Crippen LogP) is 5.40. The van der Waals surface area contributed by atoms with Gasteiger partial charge in [0, 0.05) is 24.4 Å². The highest BCUT2D eigenvalue weighted by Crippen LogP contribution is 2.53. The fourth-order valence-electron chi connectivity index (χ4n) is 2.93. The summed E-state index contributed by atoms with van der Waals surface area (Å²) in [5.41, 5.74) is -3.55. The number of pyridine rings is 1. The van der Waals surface area contributed by atoms with Crippen LogP contribution in [0.4, 0.5) is 18.9 Å². The van der Waals surface area contributed by atoms with E-state index in [0.717, 1.165) is 0 Å². The van der Waals surface area contributed by atoms with Crippen molar-refractivity contribution in [2.24, 2.45) is 0 Å². The van der Waals surface area contributed by atoms with Crippen molar-refractivity contribution in [1.29, 1.82) is 0 Å². The highest BCUT2D eigenvalue weighted by atomic mass is 35.5. The van der Waals surface area contributed by atoms with Crippen molar-refractivity contribution >= 4 is 17.3 Å². The van der Waals surface area contributed by atoms with Crippen molar-refractivity contribution in [2.45, 2.75) is 25.1 Å². The van der Waals surface area contributed by atoms with Gasteiger partial charge < -0.3 is 9.47 Å². The summed E-state index contributed by atoms with van der Waals surface area (Å²) in [7, 11) is 0. The Balaban J connectivity index is 0.000000416. The highest BCUT2D eigenvalue weighted by Gasteiger charge is 2.62. The number of hydrogen-bond acceptors (Lipinski definition) is 7. The Kier molecular flexibility index (Phi) is 6.90. The number of ether oxygens (including phenoxy) is 2. The monoisotopic (exact) mass is 468 g/mol. The van der Waals surface area contributed by atoms with Gasteiger partial charge in [0.15, 0.2) is 5.60 Å². The van der Waals surface area contributed by atoms with Crippen LogP contribution in [0.15, 0.2) is 54.9 Å². The first kappa shape index (κ1) is 23.4. The van der Waals surface area contributed by atoms with E-state index < -0.39 is 33.4 Å². The van der Waals surface area contributed by atoms with Gasteiger partial charge in [0.25, 0.3) is 0 Å². The maximum Gasteiger partial charge on any atom is 0.421 e. The lowest BCUT2D eigenvalue weighted by atomic mass is 9.85. The summed E-state index contributed by atoms with van der Waals surface area (Å²) in [4.78, 5) is 21.6. The molecule has 1 aliphatic heterocycles. The fraction of sp³-hybridized carbons (Fsp3) is 0.250. The van der Waals surface area contributed by atoms with Crippen molar-refractivity contribution in [1.82, 2.24) is 15.0 Å². The third-order valence-electron chi connectivity index (χ3n) is 4.46. The van der Waals surface area contributed by atoms with Gasteiger partial charge in [0.1, 0.15) is 11.6 Å². The van der Waals surface area contributed by atoms with Crippen LogP contribution in [0.1, 0.15) is 17.8 Å². The smallest absolute Gasteiger partial charge is 0.421 e. The number of aromatic nitrogens is 3. The Labute approximate surface area is 185 Å². The largest absolute Gasteiger partial charge is 0.433 e. The van der Waals surface area contributed by atoms with Gasteiger partial charge in [-0.25, -0.2) is 4.98 Å². The van der Waals surface area contributed by atoms with Crippen LogP contribution < -0.4 is 4.74 Å². The number of nitro groups is 1. The Morgan fingerprint density at radius 3 is 2.28 bits per heavy atom. The van der Waals surface area contributed by atoms with E-state index in [1.165, 1.54) is 31.2 Å². The van der Waals surface area contributed by atoms with Gasteiger partial charge in [-0.05, 0) is 25.1 Å². The van der Waals surface area contributed by atoms with E-state index >= 15 is 0 Å². The maximum absolute atomic E-state index is 13.6. The van der Waals surface area contributed by atoms with E-state index in [-0.39, 0.29) is 30.2 Å². The lowest BCUT2D eigenvalue weighted by Gasteiger charge is -2.43. The van der Waals surface area contributed by atoms with Gasteiger partial charge in [0.2, 0.25) is 5.15 Å². The van der Waals surface area contributed by atoms with E-state index in [9.17, 15) is 23.3 Å². The van der Waals surface area contributed by atoms with Crippen LogP contribution in [0.3, 0.4) is 0 Å². The molecule has 1 unspecified atom stereocenters. The lowest BCUT2D eigenvalue weighted by molar-refractivity contribution is -0.386. The number of nitrogens with zero attached hydrogens (tertiary/aromatic N) is 4. The number of rotatable bonds is 4. The first-order valence-electron chi connectivity index (χ1n) is 9.17. The third kappa shape index (κ3) is 4.78. The van der Waals surface area contributed by atoms with Crippen LogP contribution in [-0.4, -0.2) is 32.7 Å². The van der Waals surface area contributed by atoms with Crippen molar-refractivity contribution < 1.29 is 27.6 Å². The Hall–Kier alpha value is -3.31. The third-order valence-corrected chi connectivity index (χ3v) is 4.72. The van der Waals surface area contributed by atoms with E-state index in [2.05, 4.69) is 15.0 Å². The highest BCUT2D eigenvalue weighted by molar-refractivity contribution is 6.31. The summed E-state index contributed by atoms with van der Waals surface area (Å²) in [6.45, 7) is 1.35. The predicted molar refractivity (Wildman–Crippen MR) is 107 cm³/mol. The normalized spacial score (nSPS) is 17.5. The average molecular weight is 469 g/mol. The molecule has 168 valence electrons. The standard InChI is InChI=1S/C15H11ClF3N3O4.C5H5N/c1-8-20-12(16)11(22(23)24)13(21-8)26-10-5-3-2-4-9(10)14(6-7-25-14)15(17,18)19;1-2-4-6-5-3-1/h2-5H,6-7H2,1H3;1-5H. The SMILES string of the molecule is Cc1nc(Cl)c([N+](=O)[O-])c(Oc2ccccc2C2(C(F)(F)F)CCO2)n1.c1ccncc1. The average Bonchev–Trinajstić information content (AvgIpc) is 2.68. The molecule has 1 aromatic carbocycles. The minimum Gasteiger partial charge on any atom is -0.433 e. The Morgan fingerprint density at radius 1 is 1.16 bits per heavy atom. The first-order chi connectivity index (χ1) is 15.2. The Bertz CT molecular complexity index is 1070. The zero-order valence-electron chi connectivity index (χ0n) is 16.5. The Morgan fingerprint density at radius 2 is 1.81 bits per heavy atom. The van der Waals surface area contributed by atoms with Crippen LogP contribution in [0.2, 0.25) is 5.15 Å². The molecule has 2 aromatic heterocycles. The van der Waals surface area contributed by atoms with Gasteiger partial charge in [0.05, 0.1) is 11.5 Å². The van der Waals surface area contributed by atoms with Gasteiger partial charge >= 0.3 is 17.7 Å². The van der Waals surface area contributed by atoms with Crippen LogP contribution in [0.5, 0.6) is 11.6 Å². The molecule has 3 aromatic rings.